The van der Waals surface area contributed by atoms with Gasteiger partial charge >= 0.3 is 5.97 Å². The SMILES string of the molecule is COC(=O)c1ccc(F)cc1NCCC1CCCCC1. The minimum absolute atomic E-state index is 0.349. The van der Waals surface area contributed by atoms with Crippen molar-refractivity contribution in [2.24, 2.45) is 5.92 Å². The molecule has 0 amide bonds. The van der Waals surface area contributed by atoms with Crippen LogP contribution in [-0.4, -0.2) is 19.6 Å². The summed E-state index contributed by atoms with van der Waals surface area (Å²) < 4.78 is 18.0. The van der Waals surface area contributed by atoms with E-state index >= 15 is 0 Å². The minimum atomic E-state index is -0.440. The van der Waals surface area contributed by atoms with Crippen molar-refractivity contribution < 1.29 is 13.9 Å². The van der Waals surface area contributed by atoms with E-state index in [2.05, 4.69) is 5.32 Å². The van der Waals surface area contributed by atoms with Crippen LogP contribution in [0.2, 0.25) is 0 Å². The van der Waals surface area contributed by atoms with Crippen LogP contribution in [0.4, 0.5) is 10.1 Å². The van der Waals surface area contributed by atoms with E-state index in [0.717, 1.165) is 18.9 Å². The number of hydrogen-bond donors (Lipinski definition) is 1. The zero-order valence-electron chi connectivity index (χ0n) is 12.0. The molecule has 0 heterocycles. The Morgan fingerprint density at radius 2 is 2.10 bits per heavy atom. The van der Waals surface area contributed by atoms with Crippen molar-refractivity contribution in [2.75, 3.05) is 19.0 Å². The van der Waals surface area contributed by atoms with Crippen LogP contribution in [0.25, 0.3) is 0 Å². The topological polar surface area (TPSA) is 38.3 Å². The van der Waals surface area contributed by atoms with Gasteiger partial charge in [0.05, 0.1) is 18.4 Å². The normalized spacial score (nSPS) is 15.9. The van der Waals surface area contributed by atoms with Gasteiger partial charge in [-0.15, -0.1) is 0 Å². The first-order chi connectivity index (χ1) is 9.70. The lowest BCUT2D eigenvalue weighted by molar-refractivity contribution is 0.0602. The van der Waals surface area contributed by atoms with E-state index in [4.69, 9.17) is 4.74 Å². The lowest BCUT2D eigenvalue weighted by Gasteiger charge is -2.22. The first kappa shape index (κ1) is 14.8. The Kier molecular flexibility index (Phi) is 5.39. The zero-order chi connectivity index (χ0) is 14.4. The fourth-order valence-corrected chi connectivity index (χ4v) is 2.84. The molecule has 110 valence electrons. The monoisotopic (exact) mass is 279 g/mol. The quantitative estimate of drug-likeness (QED) is 0.828. The third-order valence-corrected chi connectivity index (χ3v) is 3.98. The standard InChI is InChI=1S/C16H22FNO2/c1-20-16(19)14-8-7-13(17)11-15(14)18-10-9-12-5-3-2-4-6-12/h7-8,11-12,18H,2-6,9-10H2,1H3. The summed E-state index contributed by atoms with van der Waals surface area (Å²) in [5, 5.41) is 3.18. The van der Waals surface area contributed by atoms with Crippen molar-refractivity contribution in [2.45, 2.75) is 38.5 Å². The highest BCUT2D eigenvalue weighted by Crippen LogP contribution is 2.26. The number of carbonyl (C=O) groups excluding carboxylic acids is 1. The van der Waals surface area contributed by atoms with Crippen LogP contribution in [0.1, 0.15) is 48.9 Å². The van der Waals surface area contributed by atoms with E-state index in [9.17, 15) is 9.18 Å². The second-order valence-corrected chi connectivity index (χ2v) is 5.40. The molecule has 0 aromatic heterocycles. The molecule has 0 bridgehead atoms. The Morgan fingerprint density at radius 3 is 2.80 bits per heavy atom. The second-order valence-electron chi connectivity index (χ2n) is 5.40. The lowest BCUT2D eigenvalue weighted by Crippen LogP contribution is -2.14. The number of ether oxygens (including phenoxy) is 1. The summed E-state index contributed by atoms with van der Waals surface area (Å²) in [6, 6.07) is 4.09. The third-order valence-electron chi connectivity index (χ3n) is 3.98. The summed E-state index contributed by atoms with van der Waals surface area (Å²) in [7, 11) is 1.33. The maximum absolute atomic E-state index is 13.3. The smallest absolute Gasteiger partial charge is 0.339 e. The minimum Gasteiger partial charge on any atom is -0.465 e. The molecule has 1 aromatic carbocycles. The van der Waals surface area contributed by atoms with E-state index in [0.29, 0.717) is 11.3 Å². The van der Waals surface area contributed by atoms with Gasteiger partial charge in [-0.25, -0.2) is 9.18 Å². The molecular formula is C16H22FNO2. The van der Waals surface area contributed by atoms with E-state index < -0.39 is 5.97 Å². The summed E-state index contributed by atoms with van der Waals surface area (Å²) in [6.07, 6.45) is 7.62. The average molecular weight is 279 g/mol. The molecule has 0 spiro atoms. The number of esters is 1. The van der Waals surface area contributed by atoms with E-state index in [1.54, 1.807) is 0 Å². The van der Waals surface area contributed by atoms with Crippen molar-refractivity contribution in [3.05, 3.63) is 29.6 Å². The molecule has 1 saturated carbocycles. The van der Waals surface area contributed by atoms with Crippen LogP contribution < -0.4 is 5.32 Å². The molecule has 0 unspecified atom stereocenters. The Hall–Kier alpha value is -1.58. The molecule has 0 saturated heterocycles. The summed E-state index contributed by atoms with van der Waals surface area (Å²) in [5.41, 5.74) is 0.908. The third kappa shape index (κ3) is 3.95. The number of carbonyl (C=O) groups is 1. The lowest BCUT2D eigenvalue weighted by atomic mass is 9.87. The van der Waals surface area contributed by atoms with Crippen molar-refractivity contribution in [1.29, 1.82) is 0 Å². The number of hydrogen-bond acceptors (Lipinski definition) is 3. The Balaban J connectivity index is 1.93. The van der Waals surface area contributed by atoms with Gasteiger partial charge in [0, 0.05) is 6.54 Å². The van der Waals surface area contributed by atoms with Gasteiger partial charge in [-0.1, -0.05) is 32.1 Å². The van der Waals surface area contributed by atoms with Crippen molar-refractivity contribution in [3.8, 4) is 0 Å². The number of halogens is 1. The molecule has 0 radical (unpaired) electrons. The maximum atomic E-state index is 13.3. The summed E-state index contributed by atoms with van der Waals surface area (Å²) in [5.74, 6) is -0.0330. The van der Waals surface area contributed by atoms with Crippen molar-refractivity contribution >= 4 is 11.7 Å². The Morgan fingerprint density at radius 1 is 1.35 bits per heavy atom. The highest BCUT2D eigenvalue weighted by Gasteiger charge is 2.15. The molecule has 3 nitrogen and oxygen atoms in total. The number of anilines is 1. The van der Waals surface area contributed by atoms with Crippen LogP contribution >= 0.6 is 0 Å². The number of benzene rings is 1. The van der Waals surface area contributed by atoms with Gasteiger partial charge in [0.2, 0.25) is 0 Å². The maximum Gasteiger partial charge on any atom is 0.339 e. The number of nitrogens with one attached hydrogen (secondary N) is 1. The van der Waals surface area contributed by atoms with Crippen molar-refractivity contribution in [1.82, 2.24) is 0 Å². The molecule has 1 aromatic rings. The first-order valence-electron chi connectivity index (χ1n) is 7.32. The first-order valence-corrected chi connectivity index (χ1v) is 7.32. The van der Waals surface area contributed by atoms with Crippen LogP contribution in [0, 0.1) is 11.7 Å². The number of rotatable bonds is 5. The van der Waals surface area contributed by atoms with Crippen LogP contribution in [0.15, 0.2) is 18.2 Å². The molecule has 0 aliphatic heterocycles. The van der Waals surface area contributed by atoms with Gasteiger partial charge in [0.25, 0.3) is 0 Å². The van der Waals surface area contributed by atoms with Gasteiger partial charge in [0.1, 0.15) is 5.82 Å². The second kappa shape index (κ2) is 7.27. The van der Waals surface area contributed by atoms with Crippen LogP contribution in [0.3, 0.4) is 0 Å². The fourth-order valence-electron chi connectivity index (χ4n) is 2.84. The number of methoxy groups -OCH3 is 1. The molecule has 2 rings (SSSR count). The summed E-state index contributed by atoms with van der Waals surface area (Å²) in [6.45, 7) is 0.762. The van der Waals surface area contributed by atoms with Crippen molar-refractivity contribution in [3.63, 3.8) is 0 Å². The summed E-state index contributed by atoms with van der Waals surface area (Å²) in [4.78, 5) is 11.6. The van der Waals surface area contributed by atoms with Crippen LogP contribution in [-0.2, 0) is 4.74 Å². The van der Waals surface area contributed by atoms with E-state index in [-0.39, 0.29) is 5.82 Å². The highest BCUT2D eigenvalue weighted by molar-refractivity contribution is 5.95. The van der Waals surface area contributed by atoms with Gasteiger partial charge in [-0.3, -0.25) is 0 Å². The van der Waals surface area contributed by atoms with Gasteiger partial charge < -0.3 is 10.1 Å². The van der Waals surface area contributed by atoms with E-state index in [1.165, 1.54) is 57.4 Å². The predicted molar refractivity (Wildman–Crippen MR) is 77.4 cm³/mol. The molecule has 1 aliphatic carbocycles. The molecule has 4 heteroatoms. The molecule has 1 N–H and O–H groups in total. The Labute approximate surface area is 119 Å². The van der Waals surface area contributed by atoms with Gasteiger partial charge in [0.15, 0.2) is 0 Å². The van der Waals surface area contributed by atoms with Gasteiger partial charge in [-0.05, 0) is 30.5 Å². The molecule has 1 fully saturated rings. The predicted octanol–water partition coefficient (Wildman–Crippen LogP) is 3.99. The Bertz CT molecular complexity index is 456. The molecule has 1 aliphatic rings. The molecule has 20 heavy (non-hydrogen) atoms. The van der Waals surface area contributed by atoms with E-state index in [1.807, 2.05) is 0 Å². The summed E-state index contributed by atoms with van der Waals surface area (Å²) >= 11 is 0. The zero-order valence-corrected chi connectivity index (χ0v) is 12.0. The fraction of sp³-hybridized carbons (Fsp3) is 0.562. The van der Waals surface area contributed by atoms with Gasteiger partial charge in [-0.2, -0.15) is 0 Å². The largest absolute Gasteiger partial charge is 0.465 e. The van der Waals surface area contributed by atoms with Crippen LogP contribution in [0.5, 0.6) is 0 Å². The molecular weight excluding hydrogens is 257 g/mol. The highest BCUT2D eigenvalue weighted by atomic mass is 19.1. The average Bonchev–Trinajstić information content (AvgIpc) is 2.48. The molecule has 0 atom stereocenters.